The third-order valence-corrected chi connectivity index (χ3v) is 5.65. The van der Waals surface area contributed by atoms with Gasteiger partial charge in [0.05, 0.1) is 23.7 Å². The SMILES string of the molecule is CO[C@@H]1CS(=O)(=O)C[C@@H]1N(C)CCCc1ccccc1. The van der Waals surface area contributed by atoms with Crippen LogP contribution < -0.4 is 0 Å². The Morgan fingerprint density at radius 3 is 2.60 bits per heavy atom. The van der Waals surface area contributed by atoms with Crippen molar-refractivity contribution in [1.82, 2.24) is 4.90 Å². The average molecular weight is 297 g/mol. The Labute approximate surface area is 121 Å². The number of rotatable bonds is 6. The first-order valence-electron chi connectivity index (χ1n) is 6.99. The standard InChI is InChI=1S/C15H23NO3S/c1-16(10-6-9-13-7-4-3-5-8-13)14-11-20(17,18)12-15(14)19-2/h3-5,7-8,14-15H,6,9-12H2,1-2H3/t14-,15+/m0/s1. The number of hydrogen-bond donors (Lipinski definition) is 0. The van der Waals surface area contributed by atoms with E-state index in [1.54, 1.807) is 7.11 Å². The molecule has 20 heavy (non-hydrogen) atoms. The third-order valence-electron chi connectivity index (χ3n) is 3.96. The molecule has 0 spiro atoms. The van der Waals surface area contributed by atoms with Crippen LogP contribution in [0.3, 0.4) is 0 Å². The fraction of sp³-hybridized carbons (Fsp3) is 0.600. The average Bonchev–Trinajstić information content (AvgIpc) is 2.75. The molecule has 1 aromatic carbocycles. The molecule has 2 rings (SSSR count). The summed E-state index contributed by atoms with van der Waals surface area (Å²) in [5, 5.41) is 0. The molecule has 0 aromatic heterocycles. The van der Waals surface area contributed by atoms with E-state index in [-0.39, 0.29) is 23.7 Å². The Morgan fingerprint density at radius 1 is 1.25 bits per heavy atom. The number of ether oxygens (including phenoxy) is 1. The van der Waals surface area contributed by atoms with Gasteiger partial charge in [0.25, 0.3) is 0 Å². The molecule has 0 N–H and O–H groups in total. The molecule has 0 radical (unpaired) electrons. The molecule has 0 amide bonds. The van der Waals surface area contributed by atoms with Gasteiger partial charge in [-0.25, -0.2) is 8.42 Å². The number of benzene rings is 1. The topological polar surface area (TPSA) is 46.6 Å². The summed E-state index contributed by atoms with van der Waals surface area (Å²) in [4.78, 5) is 2.13. The minimum absolute atomic E-state index is 0.0132. The van der Waals surface area contributed by atoms with E-state index in [2.05, 4.69) is 17.0 Å². The van der Waals surface area contributed by atoms with Crippen LogP contribution in [0.4, 0.5) is 0 Å². The van der Waals surface area contributed by atoms with Crippen molar-refractivity contribution in [2.75, 3.05) is 32.2 Å². The van der Waals surface area contributed by atoms with Gasteiger partial charge >= 0.3 is 0 Å². The van der Waals surface area contributed by atoms with E-state index in [0.717, 1.165) is 19.4 Å². The summed E-state index contributed by atoms with van der Waals surface area (Å²) in [6, 6.07) is 10.3. The van der Waals surface area contributed by atoms with E-state index in [4.69, 9.17) is 4.74 Å². The largest absolute Gasteiger partial charge is 0.379 e. The molecule has 1 saturated heterocycles. The molecule has 4 nitrogen and oxygen atoms in total. The van der Waals surface area contributed by atoms with Crippen molar-refractivity contribution in [3.63, 3.8) is 0 Å². The molecule has 1 aromatic rings. The first-order valence-corrected chi connectivity index (χ1v) is 8.81. The van der Waals surface area contributed by atoms with Crippen LogP contribution in [0.2, 0.25) is 0 Å². The summed E-state index contributed by atoms with van der Waals surface area (Å²) in [6.07, 6.45) is 1.84. The van der Waals surface area contributed by atoms with Gasteiger partial charge in [-0.1, -0.05) is 30.3 Å². The molecule has 1 heterocycles. The normalized spacial score (nSPS) is 25.1. The monoisotopic (exact) mass is 297 g/mol. The van der Waals surface area contributed by atoms with Gasteiger partial charge in [-0.2, -0.15) is 0 Å². The zero-order valence-corrected chi connectivity index (χ0v) is 13.0. The van der Waals surface area contributed by atoms with Gasteiger partial charge in [-0.3, -0.25) is 4.90 Å². The fourth-order valence-electron chi connectivity index (χ4n) is 2.78. The van der Waals surface area contributed by atoms with Crippen LogP contribution in [0.5, 0.6) is 0 Å². The number of aryl methyl sites for hydroxylation is 1. The third kappa shape index (κ3) is 4.04. The molecule has 0 unspecified atom stereocenters. The highest BCUT2D eigenvalue weighted by molar-refractivity contribution is 7.91. The lowest BCUT2D eigenvalue weighted by Crippen LogP contribution is -2.42. The molecule has 0 aliphatic carbocycles. The van der Waals surface area contributed by atoms with Gasteiger partial charge in [-0.15, -0.1) is 0 Å². The number of hydrogen-bond acceptors (Lipinski definition) is 4. The van der Waals surface area contributed by atoms with E-state index >= 15 is 0 Å². The van der Waals surface area contributed by atoms with E-state index < -0.39 is 9.84 Å². The van der Waals surface area contributed by atoms with Crippen LogP contribution >= 0.6 is 0 Å². The van der Waals surface area contributed by atoms with E-state index in [9.17, 15) is 8.42 Å². The second-order valence-electron chi connectivity index (χ2n) is 5.49. The van der Waals surface area contributed by atoms with Gasteiger partial charge in [0.15, 0.2) is 9.84 Å². The zero-order valence-electron chi connectivity index (χ0n) is 12.2. The summed E-state index contributed by atoms with van der Waals surface area (Å²) in [7, 11) is 0.637. The first-order chi connectivity index (χ1) is 9.52. The quantitative estimate of drug-likeness (QED) is 0.795. The number of methoxy groups -OCH3 is 1. The molecular weight excluding hydrogens is 274 g/mol. The van der Waals surface area contributed by atoms with Gasteiger partial charge in [-0.05, 0) is 32.0 Å². The number of nitrogens with zero attached hydrogens (tertiary/aromatic N) is 1. The highest BCUT2D eigenvalue weighted by Gasteiger charge is 2.39. The second kappa shape index (κ2) is 6.70. The summed E-state index contributed by atoms with van der Waals surface area (Å²) in [6.45, 7) is 0.884. The minimum atomic E-state index is -2.95. The lowest BCUT2D eigenvalue weighted by Gasteiger charge is -2.27. The first kappa shape index (κ1) is 15.5. The van der Waals surface area contributed by atoms with Crippen LogP contribution in [-0.4, -0.2) is 57.7 Å². The predicted molar refractivity (Wildman–Crippen MR) is 80.6 cm³/mol. The number of sulfone groups is 1. The molecule has 0 bridgehead atoms. The molecule has 1 fully saturated rings. The minimum Gasteiger partial charge on any atom is -0.379 e. The maximum atomic E-state index is 11.7. The van der Waals surface area contributed by atoms with Crippen molar-refractivity contribution < 1.29 is 13.2 Å². The Bertz CT molecular complexity index is 515. The lowest BCUT2D eigenvalue weighted by atomic mass is 10.1. The van der Waals surface area contributed by atoms with Gasteiger partial charge in [0.1, 0.15) is 0 Å². The van der Waals surface area contributed by atoms with Crippen molar-refractivity contribution in [2.45, 2.75) is 25.0 Å². The van der Waals surface area contributed by atoms with Crippen LogP contribution in [0.15, 0.2) is 30.3 Å². The molecule has 1 aliphatic heterocycles. The predicted octanol–water partition coefficient (Wildman–Crippen LogP) is 1.36. The molecule has 0 saturated carbocycles. The van der Waals surface area contributed by atoms with Crippen LogP contribution in [-0.2, 0) is 21.0 Å². The van der Waals surface area contributed by atoms with E-state index in [0.29, 0.717) is 0 Å². The fourth-order valence-corrected chi connectivity index (χ4v) is 4.76. The highest BCUT2D eigenvalue weighted by atomic mass is 32.2. The Balaban J connectivity index is 1.84. The Kier molecular flexibility index (Phi) is 5.18. The van der Waals surface area contributed by atoms with Crippen LogP contribution in [0.1, 0.15) is 12.0 Å². The van der Waals surface area contributed by atoms with E-state index in [1.165, 1.54) is 5.56 Å². The van der Waals surface area contributed by atoms with Crippen LogP contribution in [0, 0.1) is 0 Å². The summed E-state index contributed by atoms with van der Waals surface area (Å²) in [5.41, 5.74) is 1.32. The Morgan fingerprint density at radius 2 is 1.95 bits per heavy atom. The van der Waals surface area contributed by atoms with Gasteiger partial charge < -0.3 is 4.74 Å². The van der Waals surface area contributed by atoms with Crippen molar-refractivity contribution in [1.29, 1.82) is 0 Å². The van der Waals surface area contributed by atoms with Crippen molar-refractivity contribution in [3.05, 3.63) is 35.9 Å². The smallest absolute Gasteiger partial charge is 0.154 e. The lowest BCUT2D eigenvalue weighted by molar-refractivity contribution is 0.0548. The molecule has 112 valence electrons. The summed E-state index contributed by atoms with van der Waals surface area (Å²) >= 11 is 0. The maximum Gasteiger partial charge on any atom is 0.154 e. The summed E-state index contributed by atoms with van der Waals surface area (Å²) < 4.78 is 28.7. The maximum absolute atomic E-state index is 11.7. The molecule has 2 atom stereocenters. The zero-order chi connectivity index (χ0) is 14.6. The molecular formula is C15H23NO3S. The van der Waals surface area contributed by atoms with Gasteiger partial charge in [0, 0.05) is 7.11 Å². The molecule has 1 aliphatic rings. The van der Waals surface area contributed by atoms with Crippen LogP contribution in [0.25, 0.3) is 0 Å². The second-order valence-corrected chi connectivity index (χ2v) is 7.64. The van der Waals surface area contributed by atoms with Gasteiger partial charge in [0.2, 0.25) is 0 Å². The number of likely N-dealkylation sites (N-methyl/N-ethyl adjacent to an activating group) is 1. The summed E-state index contributed by atoms with van der Waals surface area (Å²) in [5.74, 6) is 0.366. The van der Waals surface area contributed by atoms with Crippen molar-refractivity contribution in [2.24, 2.45) is 0 Å². The van der Waals surface area contributed by atoms with E-state index in [1.807, 2.05) is 25.2 Å². The van der Waals surface area contributed by atoms with Crippen molar-refractivity contribution in [3.8, 4) is 0 Å². The highest BCUT2D eigenvalue weighted by Crippen LogP contribution is 2.20. The molecule has 5 heteroatoms. The Hall–Kier alpha value is -0.910. The van der Waals surface area contributed by atoms with Crippen molar-refractivity contribution >= 4 is 9.84 Å².